The van der Waals surface area contributed by atoms with Crippen molar-refractivity contribution in [2.45, 2.75) is 58.1 Å². The molecule has 114 valence electrons. The van der Waals surface area contributed by atoms with Gasteiger partial charge in [0.05, 0.1) is 16.9 Å². The van der Waals surface area contributed by atoms with Gasteiger partial charge in [0.15, 0.2) is 0 Å². The molecule has 1 aromatic heterocycles. The van der Waals surface area contributed by atoms with Crippen molar-refractivity contribution in [2.75, 3.05) is 19.6 Å². The fraction of sp³-hybridized carbons (Fsp3) is 0.800. The zero-order valence-electron chi connectivity index (χ0n) is 12.8. The summed E-state index contributed by atoms with van der Waals surface area (Å²) in [5, 5.41) is 16.1. The van der Waals surface area contributed by atoms with Gasteiger partial charge in [0, 0.05) is 12.6 Å². The summed E-state index contributed by atoms with van der Waals surface area (Å²) in [6, 6.07) is 0.205. The molecule has 0 aliphatic carbocycles. The third-order valence-electron chi connectivity index (χ3n) is 4.13. The Morgan fingerprint density at radius 2 is 2.15 bits per heavy atom. The molecule has 0 amide bonds. The SMILES string of the molecule is CCCN1CCCC(O)(c2c(Cl)cnn2C(C)C)CC1. The van der Waals surface area contributed by atoms with Crippen LogP contribution in [0.3, 0.4) is 0 Å². The predicted octanol–water partition coefficient (Wildman–Crippen LogP) is 3.20. The molecule has 1 saturated heterocycles. The van der Waals surface area contributed by atoms with Gasteiger partial charge >= 0.3 is 0 Å². The molecule has 1 atom stereocenters. The topological polar surface area (TPSA) is 41.3 Å². The maximum atomic E-state index is 11.1. The van der Waals surface area contributed by atoms with Gasteiger partial charge in [0.2, 0.25) is 0 Å². The number of nitrogens with zero attached hydrogens (tertiary/aromatic N) is 3. The first-order valence-electron chi connectivity index (χ1n) is 7.66. The molecule has 2 heterocycles. The zero-order chi connectivity index (χ0) is 14.8. The molecule has 5 heteroatoms. The van der Waals surface area contributed by atoms with Crippen LogP contribution in [0.15, 0.2) is 6.20 Å². The van der Waals surface area contributed by atoms with Crippen molar-refractivity contribution >= 4 is 11.6 Å². The first kappa shape index (κ1) is 15.8. The van der Waals surface area contributed by atoms with Gasteiger partial charge in [0.25, 0.3) is 0 Å². The summed E-state index contributed by atoms with van der Waals surface area (Å²) < 4.78 is 1.87. The summed E-state index contributed by atoms with van der Waals surface area (Å²) in [5.41, 5.74) is -0.0483. The van der Waals surface area contributed by atoms with E-state index in [-0.39, 0.29) is 6.04 Å². The van der Waals surface area contributed by atoms with Crippen molar-refractivity contribution in [1.29, 1.82) is 0 Å². The van der Waals surface area contributed by atoms with Crippen LogP contribution in [0.25, 0.3) is 0 Å². The normalized spacial score (nSPS) is 25.1. The third kappa shape index (κ3) is 3.18. The second-order valence-corrected chi connectivity index (χ2v) is 6.51. The van der Waals surface area contributed by atoms with Gasteiger partial charge < -0.3 is 10.0 Å². The van der Waals surface area contributed by atoms with E-state index in [9.17, 15) is 5.11 Å². The van der Waals surface area contributed by atoms with Crippen LogP contribution in [-0.2, 0) is 5.60 Å². The number of halogens is 1. The summed E-state index contributed by atoms with van der Waals surface area (Å²) >= 11 is 6.31. The van der Waals surface area contributed by atoms with Crippen LogP contribution in [0, 0.1) is 0 Å². The number of rotatable bonds is 4. The Hall–Kier alpha value is -0.580. The summed E-state index contributed by atoms with van der Waals surface area (Å²) in [6.07, 6.45) is 5.29. The van der Waals surface area contributed by atoms with Crippen molar-refractivity contribution in [3.63, 3.8) is 0 Å². The maximum absolute atomic E-state index is 11.1. The summed E-state index contributed by atoms with van der Waals surface area (Å²) in [5.74, 6) is 0. The molecule has 0 aromatic carbocycles. The number of aliphatic hydroxyl groups is 1. The lowest BCUT2D eigenvalue weighted by Gasteiger charge is -2.29. The second-order valence-electron chi connectivity index (χ2n) is 6.11. The van der Waals surface area contributed by atoms with Gasteiger partial charge in [-0.25, -0.2) is 0 Å². The molecule has 1 aromatic rings. The molecular formula is C15H26ClN3O. The molecule has 1 N–H and O–H groups in total. The minimum atomic E-state index is -0.847. The van der Waals surface area contributed by atoms with E-state index in [1.54, 1.807) is 6.20 Å². The molecular weight excluding hydrogens is 274 g/mol. The van der Waals surface area contributed by atoms with E-state index in [0.717, 1.165) is 51.0 Å². The Morgan fingerprint density at radius 1 is 1.40 bits per heavy atom. The van der Waals surface area contributed by atoms with Gasteiger partial charge in [-0.1, -0.05) is 18.5 Å². The molecule has 0 spiro atoms. The minimum absolute atomic E-state index is 0.205. The lowest BCUT2D eigenvalue weighted by Crippen LogP contribution is -2.32. The lowest BCUT2D eigenvalue weighted by atomic mass is 9.90. The number of aromatic nitrogens is 2. The standard InChI is InChI=1S/C15H26ClN3O/c1-4-8-18-9-5-6-15(20,7-10-18)14-13(16)11-17-19(14)12(2)3/h11-12,20H,4-10H2,1-3H3. The highest BCUT2D eigenvalue weighted by atomic mass is 35.5. The van der Waals surface area contributed by atoms with Gasteiger partial charge in [-0.2, -0.15) is 5.10 Å². The molecule has 2 rings (SSSR count). The van der Waals surface area contributed by atoms with Crippen molar-refractivity contribution in [2.24, 2.45) is 0 Å². The fourth-order valence-electron chi connectivity index (χ4n) is 3.12. The highest BCUT2D eigenvalue weighted by Crippen LogP contribution is 2.37. The molecule has 1 fully saturated rings. The number of hydrogen-bond donors (Lipinski definition) is 1. The Morgan fingerprint density at radius 3 is 2.80 bits per heavy atom. The maximum Gasteiger partial charge on any atom is 0.109 e. The van der Waals surface area contributed by atoms with Crippen molar-refractivity contribution in [1.82, 2.24) is 14.7 Å². The lowest BCUT2D eigenvalue weighted by molar-refractivity contribution is 0.0115. The van der Waals surface area contributed by atoms with Gasteiger partial charge in [-0.3, -0.25) is 4.68 Å². The average Bonchev–Trinajstić information content (AvgIpc) is 2.69. The molecule has 20 heavy (non-hydrogen) atoms. The predicted molar refractivity (Wildman–Crippen MR) is 82.1 cm³/mol. The Bertz CT molecular complexity index is 446. The molecule has 4 nitrogen and oxygen atoms in total. The molecule has 0 saturated carbocycles. The van der Waals surface area contributed by atoms with E-state index >= 15 is 0 Å². The highest BCUT2D eigenvalue weighted by Gasteiger charge is 2.37. The molecule has 0 radical (unpaired) electrons. The van der Waals surface area contributed by atoms with Gasteiger partial charge in [0.1, 0.15) is 5.60 Å². The smallest absolute Gasteiger partial charge is 0.109 e. The summed E-state index contributed by atoms with van der Waals surface area (Å²) in [7, 11) is 0. The monoisotopic (exact) mass is 299 g/mol. The second kappa shape index (κ2) is 6.46. The van der Waals surface area contributed by atoms with Gasteiger partial charge in [-0.15, -0.1) is 0 Å². The molecule has 0 bridgehead atoms. The Labute approximate surface area is 126 Å². The van der Waals surface area contributed by atoms with Crippen molar-refractivity contribution in [3.8, 4) is 0 Å². The van der Waals surface area contributed by atoms with Crippen LogP contribution < -0.4 is 0 Å². The number of hydrogen-bond acceptors (Lipinski definition) is 3. The van der Waals surface area contributed by atoms with E-state index in [4.69, 9.17) is 11.6 Å². The van der Waals surface area contributed by atoms with E-state index in [1.165, 1.54) is 0 Å². The molecule has 1 aliphatic rings. The van der Waals surface area contributed by atoms with Crippen LogP contribution in [-0.4, -0.2) is 39.4 Å². The van der Waals surface area contributed by atoms with E-state index in [2.05, 4.69) is 30.8 Å². The highest BCUT2D eigenvalue weighted by molar-refractivity contribution is 6.31. The Balaban J connectivity index is 2.24. The summed E-state index contributed by atoms with van der Waals surface area (Å²) in [4.78, 5) is 2.43. The quantitative estimate of drug-likeness (QED) is 0.928. The molecule has 1 aliphatic heterocycles. The third-order valence-corrected chi connectivity index (χ3v) is 4.40. The van der Waals surface area contributed by atoms with Crippen molar-refractivity contribution < 1.29 is 5.11 Å². The van der Waals surface area contributed by atoms with Crippen LogP contribution in [0.2, 0.25) is 5.02 Å². The largest absolute Gasteiger partial charge is 0.383 e. The van der Waals surface area contributed by atoms with E-state index < -0.39 is 5.60 Å². The van der Waals surface area contributed by atoms with Crippen LogP contribution in [0.4, 0.5) is 0 Å². The first-order chi connectivity index (χ1) is 9.48. The average molecular weight is 300 g/mol. The minimum Gasteiger partial charge on any atom is -0.383 e. The molecule has 1 unspecified atom stereocenters. The first-order valence-corrected chi connectivity index (χ1v) is 8.04. The van der Waals surface area contributed by atoms with Crippen molar-refractivity contribution in [3.05, 3.63) is 16.9 Å². The fourth-order valence-corrected chi connectivity index (χ4v) is 3.43. The van der Waals surface area contributed by atoms with Gasteiger partial charge in [-0.05, 0) is 52.6 Å². The van der Waals surface area contributed by atoms with Crippen LogP contribution >= 0.6 is 11.6 Å². The summed E-state index contributed by atoms with van der Waals surface area (Å²) in [6.45, 7) is 9.41. The number of likely N-dealkylation sites (tertiary alicyclic amines) is 1. The zero-order valence-corrected chi connectivity index (χ0v) is 13.5. The van der Waals surface area contributed by atoms with E-state index in [0.29, 0.717) is 5.02 Å². The Kier molecular flexibility index (Phi) is 5.10. The van der Waals surface area contributed by atoms with Crippen LogP contribution in [0.1, 0.15) is 58.2 Å². The van der Waals surface area contributed by atoms with E-state index in [1.807, 2.05) is 4.68 Å². The van der Waals surface area contributed by atoms with Crippen LogP contribution in [0.5, 0.6) is 0 Å².